The molecule has 0 bridgehead atoms. The average Bonchev–Trinajstić information content (AvgIpc) is 2.14. The van der Waals surface area contributed by atoms with E-state index in [9.17, 15) is 4.79 Å². The Hall–Kier alpha value is -0.830. The fourth-order valence-electron chi connectivity index (χ4n) is 2.07. The quantitative estimate of drug-likeness (QED) is 0.500. The van der Waals surface area contributed by atoms with Crippen LogP contribution in [0.4, 0.5) is 0 Å². The lowest BCUT2D eigenvalue weighted by atomic mass is 9.67. The molecule has 0 saturated carbocycles. The predicted octanol–water partition coefficient (Wildman–Crippen LogP) is 2.26. The van der Waals surface area contributed by atoms with Crippen LogP contribution in [0.2, 0.25) is 0 Å². The molecule has 3 heteroatoms. The second-order valence-electron chi connectivity index (χ2n) is 4.81. The maximum absolute atomic E-state index is 11.3. The second-order valence-corrected chi connectivity index (χ2v) is 4.81. The SMILES string of the molecule is CC1=C(C(=O)NO)CCC(C)(C)C1C. The van der Waals surface area contributed by atoms with Crippen LogP contribution < -0.4 is 5.48 Å². The lowest BCUT2D eigenvalue weighted by molar-refractivity contribution is -0.125. The Morgan fingerprint density at radius 1 is 1.57 bits per heavy atom. The maximum Gasteiger partial charge on any atom is 0.270 e. The van der Waals surface area contributed by atoms with E-state index in [0.717, 1.165) is 24.0 Å². The largest absolute Gasteiger partial charge is 0.288 e. The maximum atomic E-state index is 11.3. The van der Waals surface area contributed by atoms with Gasteiger partial charge in [0.2, 0.25) is 0 Å². The topological polar surface area (TPSA) is 49.3 Å². The third-order valence-corrected chi connectivity index (χ3v) is 3.69. The summed E-state index contributed by atoms with van der Waals surface area (Å²) in [6, 6.07) is 0. The van der Waals surface area contributed by atoms with Gasteiger partial charge in [-0.05, 0) is 31.1 Å². The summed E-state index contributed by atoms with van der Waals surface area (Å²) in [5, 5.41) is 8.59. The van der Waals surface area contributed by atoms with Crippen molar-refractivity contribution in [3.05, 3.63) is 11.1 Å². The minimum Gasteiger partial charge on any atom is -0.288 e. The van der Waals surface area contributed by atoms with Crippen molar-refractivity contribution in [2.75, 3.05) is 0 Å². The number of hydroxylamine groups is 1. The molecule has 0 radical (unpaired) electrons. The molecule has 0 aromatic rings. The molecule has 1 atom stereocenters. The van der Waals surface area contributed by atoms with Gasteiger partial charge in [-0.2, -0.15) is 0 Å². The number of allylic oxidation sites excluding steroid dienone is 1. The zero-order valence-electron chi connectivity index (χ0n) is 9.35. The van der Waals surface area contributed by atoms with Gasteiger partial charge < -0.3 is 0 Å². The van der Waals surface area contributed by atoms with E-state index in [4.69, 9.17) is 5.21 Å². The minimum absolute atomic E-state index is 0.253. The lowest BCUT2D eigenvalue weighted by Gasteiger charge is -2.38. The van der Waals surface area contributed by atoms with Gasteiger partial charge in [0.1, 0.15) is 0 Å². The van der Waals surface area contributed by atoms with Gasteiger partial charge >= 0.3 is 0 Å². The van der Waals surface area contributed by atoms with Crippen LogP contribution in [0.15, 0.2) is 11.1 Å². The van der Waals surface area contributed by atoms with Crippen LogP contribution in [0.5, 0.6) is 0 Å². The molecule has 1 unspecified atom stereocenters. The highest BCUT2D eigenvalue weighted by molar-refractivity contribution is 5.93. The molecule has 0 saturated heterocycles. The van der Waals surface area contributed by atoms with Crippen molar-refractivity contribution >= 4 is 5.91 Å². The van der Waals surface area contributed by atoms with Crippen molar-refractivity contribution < 1.29 is 10.0 Å². The molecule has 1 rings (SSSR count). The van der Waals surface area contributed by atoms with Gasteiger partial charge in [0.25, 0.3) is 5.91 Å². The number of rotatable bonds is 1. The number of amides is 1. The molecule has 2 N–H and O–H groups in total. The molecule has 1 amide bonds. The lowest BCUT2D eigenvalue weighted by Crippen LogP contribution is -2.32. The summed E-state index contributed by atoms with van der Waals surface area (Å²) in [6.45, 7) is 8.55. The Morgan fingerprint density at radius 2 is 2.14 bits per heavy atom. The van der Waals surface area contributed by atoms with Crippen LogP contribution in [0, 0.1) is 11.3 Å². The van der Waals surface area contributed by atoms with Crippen molar-refractivity contribution in [2.45, 2.75) is 40.5 Å². The number of carbonyl (C=O) groups excluding carboxylic acids is 1. The van der Waals surface area contributed by atoms with Crippen molar-refractivity contribution in [2.24, 2.45) is 11.3 Å². The third kappa shape index (κ3) is 1.82. The fourth-order valence-corrected chi connectivity index (χ4v) is 2.07. The van der Waals surface area contributed by atoms with Crippen LogP contribution in [0.25, 0.3) is 0 Å². The van der Waals surface area contributed by atoms with Gasteiger partial charge in [0.15, 0.2) is 0 Å². The first kappa shape index (κ1) is 11.2. The molecule has 0 heterocycles. The molecular weight excluding hydrogens is 178 g/mol. The molecule has 1 aliphatic carbocycles. The predicted molar refractivity (Wildman–Crippen MR) is 54.8 cm³/mol. The Balaban J connectivity index is 2.99. The van der Waals surface area contributed by atoms with E-state index in [-0.39, 0.29) is 11.3 Å². The van der Waals surface area contributed by atoms with Crippen LogP contribution in [0.3, 0.4) is 0 Å². The summed E-state index contributed by atoms with van der Waals surface area (Å²) in [5.74, 6) is 0.0494. The first-order valence-corrected chi connectivity index (χ1v) is 5.04. The number of carbonyl (C=O) groups is 1. The summed E-state index contributed by atoms with van der Waals surface area (Å²) >= 11 is 0. The molecule has 1 aliphatic rings. The molecule has 0 aromatic carbocycles. The summed E-state index contributed by atoms with van der Waals surface area (Å²) in [4.78, 5) is 11.3. The minimum atomic E-state index is -0.343. The Kier molecular flexibility index (Phi) is 3.00. The molecule has 0 aromatic heterocycles. The molecule has 80 valence electrons. The zero-order valence-corrected chi connectivity index (χ0v) is 9.35. The van der Waals surface area contributed by atoms with Crippen LogP contribution in [-0.4, -0.2) is 11.1 Å². The van der Waals surface area contributed by atoms with E-state index in [1.54, 1.807) is 5.48 Å². The number of nitrogens with one attached hydrogen (secondary N) is 1. The fraction of sp³-hybridized carbons (Fsp3) is 0.727. The van der Waals surface area contributed by atoms with E-state index >= 15 is 0 Å². The first-order chi connectivity index (χ1) is 6.40. The van der Waals surface area contributed by atoms with Crippen molar-refractivity contribution in [3.8, 4) is 0 Å². The van der Waals surface area contributed by atoms with Crippen LogP contribution in [0.1, 0.15) is 40.5 Å². The smallest absolute Gasteiger partial charge is 0.270 e. The van der Waals surface area contributed by atoms with Gasteiger partial charge in [-0.25, -0.2) is 5.48 Å². The third-order valence-electron chi connectivity index (χ3n) is 3.69. The summed E-state index contributed by atoms with van der Waals surface area (Å²) in [7, 11) is 0. The van der Waals surface area contributed by atoms with Crippen molar-refractivity contribution in [1.29, 1.82) is 0 Å². The second kappa shape index (κ2) is 3.73. The average molecular weight is 197 g/mol. The summed E-state index contributed by atoms with van der Waals surface area (Å²) in [5.41, 5.74) is 3.82. The number of hydrogen-bond acceptors (Lipinski definition) is 2. The molecular formula is C11H19NO2. The van der Waals surface area contributed by atoms with Crippen LogP contribution >= 0.6 is 0 Å². The van der Waals surface area contributed by atoms with E-state index in [1.807, 2.05) is 6.92 Å². The molecule has 0 aliphatic heterocycles. The summed E-state index contributed by atoms with van der Waals surface area (Å²) in [6.07, 6.45) is 1.75. The van der Waals surface area contributed by atoms with Gasteiger partial charge in [0.05, 0.1) is 0 Å². The molecule has 0 spiro atoms. The first-order valence-electron chi connectivity index (χ1n) is 5.04. The van der Waals surface area contributed by atoms with Crippen molar-refractivity contribution in [1.82, 2.24) is 5.48 Å². The molecule has 14 heavy (non-hydrogen) atoms. The molecule has 0 fully saturated rings. The van der Waals surface area contributed by atoms with Gasteiger partial charge in [-0.1, -0.05) is 26.3 Å². The molecule has 3 nitrogen and oxygen atoms in total. The Labute approximate surface area is 85.2 Å². The normalized spacial score (nSPS) is 26.2. The summed E-state index contributed by atoms with van der Waals surface area (Å²) < 4.78 is 0. The van der Waals surface area contributed by atoms with E-state index in [1.165, 1.54) is 0 Å². The van der Waals surface area contributed by atoms with Crippen LogP contribution in [-0.2, 0) is 4.79 Å². The van der Waals surface area contributed by atoms with E-state index in [2.05, 4.69) is 20.8 Å². The zero-order chi connectivity index (χ0) is 10.9. The highest BCUT2D eigenvalue weighted by Crippen LogP contribution is 2.43. The van der Waals surface area contributed by atoms with E-state index in [0.29, 0.717) is 5.92 Å². The standard InChI is InChI=1S/C11H19NO2/c1-7-8(2)11(3,4)6-5-9(7)10(13)12-14/h8,14H,5-6H2,1-4H3,(H,12,13). The van der Waals surface area contributed by atoms with Crippen molar-refractivity contribution in [3.63, 3.8) is 0 Å². The highest BCUT2D eigenvalue weighted by Gasteiger charge is 2.34. The van der Waals surface area contributed by atoms with Gasteiger partial charge in [-0.15, -0.1) is 0 Å². The van der Waals surface area contributed by atoms with Gasteiger partial charge in [-0.3, -0.25) is 10.0 Å². The van der Waals surface area contributed by atoms with E-state index < -0.39 is 0 Å². The number of hydrogen-bond donors (Lipinski definition) is 2. The monoisotopic (exact) mass is 197 g/mol. The van der Waals surface area contributed by atoms with Gasteiger partial charge in [0, 0.05) is 5.57 Å². The Morgan fingerprint density at radius 3 is 2.64 bits per heavy atom. The Bertz CT molecular complexity index is 279. The highest BCUT2D eigenvalue weighted by atomic mass is 16.5.